The largest absolute Gasteiger partial charge is 0.326 e. The minimum Gasteiger partial charge on any atom is -0.326 e. The number of fused-ring (bicyclic) bond motifs is 1. The highest BCUT2D eigenvalue weighted by atomic mass is 15.3. The van der Waals surface area contributed by atoms with Crippen LogP contribution in [0.2, 0.25) is 0 Å². The zero-order valence-corrected chi connectivity index (χ0v) is 10.5. The van der Waals surface area contributed by atoms with Gasteiger partial charge in [-0.15, -0.1) is 0 Å². The van der Waals surface area contributed by atoms with E-state index in [2.05, 4.69) is 28.0 Å². The van der Waals surface area contributed by atoms with Crippen LogP contribution in [0.3, 0.4) is 0 Å². The van der Waals surface area contributed by atoms with Gasteiger partial charge in [-0.05, 0) is 19.9 Å². The fourth-order valence-electron chi connectivity index (χ4n) is 2.53. The van der Waals surface area contributed by atoms with E-state index in [9.17, 15) is 0 Å². The molecule has 3 heterocycles. The molecule has 0 saturated carbocycles. The topological polar surface area (TPSA) is 47.7 Å². The molecule has 0 fully saturated rings. The van der Waals surface area contributed by atoms with E-state index in [-0.39, 0.29) is 0 Å². The van der Waals surface area contributed by atoms with Gasteiger partial charge >= 0.3 is 0 Å². The molecule has 0 spiro atoms. The summed E-state index contributed by atoms with van der Waals surface area (Å²) in [5, 5.41) is 7.73. The first kappa shape index (κ1) is 10.5. The van der Waals surface area contributed by atoms with Gasteiger partial charge in [0.05, 0.1) is 17.1 Å². The van der Waals surface area contributed by atoms with Gasteiger partial charge in [-0.3, -0.25) is 4.68 Å². The minimum atomic E-state index is 0.881. The van der Waals surface area contributed by atoms with Gasteiger partial charge in [0.25, 0.3) is 0 Å². The van der Waals surface area contributed by atoms with E-state index in [4.69, 9.17) is 4.98 Å². The molecule has 0 unspecified atom stereocenters. The summed E-state index contributed by atoms with van der Waals surface area (Å²) in [6, 6.07) is 2.09. The molecule has 0 aliphatic carbocycles. The molecule has 2 aromatic heterocycles. The standard InChI is InChI=1S/C12H17N5/c1-4-17-11-7-13-6-9(11)14-12(17)10-5-8(2)15-16(10)3/h5,13H,4,6-7H2,1-3H3. The lowest BCUT2D eigenvalue weighted by atomic mass is 10.3. The molecule has 0 saturated heterocycles. The van der Waals surface area contributed by atoms with Gasteiger partial charge in [0, 0.05) is 26.7 Å². The molecule has 0 amide bonds. The lowest BCUT2D eigenvalue weighted by molar-refractivity contribution is 0.668. The summed E-state index contributed by atoms with van der Waals surface area (Å²) in [6.07, 6.45) is 0. The van der Waals surface area contributed by atoms with Crippen molar-refractivity contribution < 1.29 is 0 Å². The van der Waals surface area contributed by atoms with Crippen LogP contribution in [0, 0.1) is 6.92 Å². The van der Waals surface area contributed by atoms with Crippen LogP contribution in [0.25, 0.3) is 11.5 Å². The van der Waals surface area contributed by atoms with E-state index < -0.39 is 0 Å². The fraction of sp³-hybridized carbons (Fsp3) is 0.500. The molecule has 5 nitrogen and oxygen atoms in total. The van der Waals surface area contributed by atoms with Crippen LogP contribution < -0.4 is 5.32 Å². The number of nitrogens with zero attached hydrogens (tertiary/aromatic N) is 4. The Morgan fingerprint density at radius 3 is 2.88 bits per heavy atom. The van der Waals surface area contributed by atoms with Crippen LogP contribution in [0.1, 0.15) is 24.0 Å². The zero-order chi connectivity index (χ0) is 12.0. The smallest absolute Gasteiger partial charge is 0.158 e. The molecule has 0 radical (unpaired) electrons. The Labute approximate surface area is 100 Å². The lowest BCUT2D eigenvalue weighted by Crippen LogP contribution is -2.09. The number of aryl methyl sites for hydroxylation is 2. The Bertz CT molecular complexity index is 564. The van der Waals surface area contributed by atoms with Crippen LogP contribution in [-0.4, -0.2) is 19.3 Å². The molecule has 5 heteroatoms. The maximum atomic E-state index is 4.75. The SMILES string of the molecule is CCn1c(-c2cc(C)nn2C)nc2c1CNC2. The van der Waals surface area contributed by atoms with Crippen LogP contribution in [0.5, 0.6) is 0 Å². The first-order valence-corrected chi connectivity index (χ1v) is 6.00. The number of hydrogen-bond acceptors (Lipinski definition) is 3. The summed E-state index contributed by atoms with van der Waals surface area (Å²) in [4.78, 5) is 4.75. The molecule has 0 atom stereocenters. The van der Waals surface area contributed by atoms with E-state index in [1.165, 1.54) is 11.4 Å². The van der Waals surface area contributed by atoms with E-state index in [0.717, 1.165) is 36.8 Å². The lowest BCUT2D eigenvalue weighted by Gasteiger charge is -2.08. The van der Waals surface area contributed by atoms with Crippen LogP contribution in [0.4, 0.5) is 0 Å². The average molecular weight is 231 g/mol. The molecule has 1 N–H and O–H groups in total. The van der Waals surface area contributed by atoms with Gasteiger partial charge in [0.2, 0.25) is 0 Å². The van der Waals surface area contributed by atoms with Crippen molar-refractivity contribution in [3.8, 4) is 11.5 Å². The van der Waals surface area contributed by atoms with Crippen LogP contribution in [0.15, 0.2) is 6.07 Å². The molecule has 2 aromatic rings. The summed E-state index contributed by atoms with van der Waals surface area (Å²) in [5.74, 6) is 1.04. The van der Waals surface area contributed by atoms with Crippen molar-refractivity contribution in [3.63, 3.8) is 0 Å². The van der Waals surface area contributed by atoms with Crippen molar-refractivity contribution in [2.75, 3.05) is 0 Å². The second kappa shape index (κ2) is 3.70. The average Bonchev–Trinajstić information content (AvgIpc) is 2.91. The van der Waals surface area contributed by atoms with Crippen molar-refractivity contribution in [1.29, 1.82) is 0 Å². The highest BCUT2D eigenvalue weighted by molar-refractivity contribution is 5.53. The molecule has 0 bridgehead atoms. The van der Waals surface area contributed by atoms with Crippen LogP contribution in [-0.2, 0) is 26.7 Å². The summed E-state index contributed by atoms with van der Waals surface area (Å²) in [5.41, 5.74) is 4.63. The van der Waals surface area contributed by atoms with E-state index in [1.54, 1.807) is 0 Å². The van der Waals surface area contributed by atoms with E-state index in [0.29, 0.717) is 0 Å². The Balaban J connectivity index is 2.18. The van der Waals surface area contributed by atoms with Crippen molar-refractivity contribution in [1.82, 2.24) is 24.6 Å². The van der Waals surface area contributed by atoms with E-state index in [1.807, 2.05) is 18.7 Å². The van der Waals surface area contributed by atoms with Gasteiger partial charge in [0.15, 0.2) is 5.82 Å². The third-order valence-corrected chi connectivity index (χ3v) is 3.29. The molecule has 1 aliphatic heterocycles. The van der Waals surface area contributed by atoms with Crippen molar-refractivity contribution in [2.24, 2.45) is 7.05 Å². The first-order valence-electron chi connectivity index (χ1n) is 6.00. The van der Waals surface area contributed by atoms with Gasteiger partial charge in [-0.2, -0.15) is 5.10 Å². The van der Waals surface area contributed by atoms with Gasteiger partial charge < -0.3 is 9.88 Å². The summed E-state index contributed by atoms with van der Waals surface area (Å²) in [7, 11) is 1.97. The number of rotatable bonds is 2. The quantitative estimate of drug-likeness (QED) is 0.845. The predicted molar refractivity (Wildman–Crippen MR) is 65.4 cm³/mol. The maximum Gasteiger partial charge on any atom is 0.158 e. The number of imidazole rings is 1. The number of aromatic nitrogens is 4. The minimum absolute atomic E-state index is 0.881. The molecular formula is C12H17N5. The summed E-state index contributed by atoms with van der Waals surface area (Å²) in [6.45, 7) is 6.92. The Kier molecular flexibility index (Phi) is 2.29. The highest BCUT2D eigenvalue weighted by Crippen LogP contribution is 2.25. The zero-order valence-electron chi connectivity index (χ0n) is 10.5. The Morgan fingerprint density at radius 2 is 2.24 bits per heavy atom. The van der Waals surface area contributed by atoms with Crippen molar-refractivity contribution >= 4 is 0 Å². The maximum absolute atomic E-state index is 4.75. The van der Waals surface area contributed by atoms with Crippen molar-refractivity contribution in [2.45, 2.75) is 33.5 Å². The summed E-state index contributed by atoms with van der Waals surface area (Å²) < 4.78 is 4.19. The first-order chi connectivity index (χ1) is 8.20. The van der Waals surface area contributed by atoms with Crippen molar-refractivity contribution in [3.05, 3.63) is 23.1 Å². The van der Waals surface area contributed by atoms with Gasteiger partial charge in [-0.1, -0.05) is 0 Å². The third kappa shape index (κ3) is 1.50. The molecule has 90 valence electrons. The normalized spacial score (nSPS) is 14.3. The molecule has 3 rings (SSSR count). The van der Waals surface area contributed by atoms with Gasteiger partial charge in [0.1, 0.15) is 5.69 Å². The monoisotopic (exact) mass is 231 g/mol. The highest BCUT2D eigenvalue weighted by Gasteiger charge is 2.22. The second-order valence-corrected chi connectivity index (χ2v) is 4.47. The fourth-order valence-corrected chi connectivity index (χ4v) is 2.53. The number of hydrogen-bond donors (Lipinski definition) is 1. The Hall–Kier alpha value is -1.62. The molecule has 17 heavy (non-hydrogen) atoms. The Morgan fingerprint density at radius 1 is 1.41 bits per heavy atom. The molecule has 0 aromatic carbocycles. The predicted octanol–water partition coefficient (Wildman–Crippen LogP) is 1.22. The van der Waals surface area contributed by atoms with Gasteiger partial charge in [-0.25, -0.2) is 4.98 Å². The second-order valence-electron chi connectivity index (χ2n) is 4.47. The van der Waals surface area contributed by atoms with Crippen LogP contribution >= 0.6 is 0 Å². The summed E-state index contributed by atoms with van der Waals surface area (Å²) >= 11 is 0. The molecule has 1 aliphatic rings. The van der Waals surface area contributed by atoms with E-state index >= 15 is 0 Å². The molecular weight excluding hydrogens is 214 g/mol. The third-order valence-electron chi connectivity index (χ3n) is 3.29. The number of nitrogens with one attached hydrogen (secondary N) is 1.